The molecular weight excluding hydrogens is 374 g/mol. The maximum Gasteiger partial charge on any atom is 0.229 e. The van der Waals surface area contributed by atoms with Gasteiger partial charge in [0, 0.05) is 17.9 Å². The van der Waals surface area contributed by atoms with Crippen molar-refractivity contribution in [2.45, 2.75) is 12.8 Å². The average molecular weight is 400 g/mol. The van der Waals surface area contributed by atoms with E-state index in [4.69, 9.17) is 0 Å². The lowest BCUT2D eigenvalue weighted by Gasteiger charge is -2.43. The summed E-state index contributed by atoms with van der Waals surface area (Å²) < 4.78 is 25.0. The van der Waals surface area contributed by atoms with Crippen LogP contribution >= 0.6 is 0 Å². The fourth-order valence-corrected chi connectivity index (χ4v) is 4.75. The molecule has 5 rings (SSSR count). The van der Waals surface area contributed by atoms with E-state index < -0.39 is 10.0 Å². The number of rotatable bonds is 5. The van der Waals surface area contributed by atoms with Crippen molar-refractivity contribution in [3.63, 3.8) is 0 Å². The molecule has 28 heavy (non-hydrogen) atoms. The van der Waals surface area contributed by atoms with E-state index in [9.17, 15) is 13.2 Å². The molecule has 0 spiro atoms. The first-order chi connectivity index (χ1) is 13.4. The fraction of sp³-hybridized carbons (Fsp3) is 0.381. The number of carbonyl (C=O) groups is 1. The molecule has 148 valence electrons. The molecule has 0 radical (unpaired) electrons. The lowest BCUT2D eigenvalue weighted by Crippen LogP contribution is -2.51. The molecule has 3 heterocycles. The van der Waals surface area contributed by atoms with E-state index in [1.54, 1.807) is 12.1 Å². The topological polar surface area (TPSA) is 78.5 Å². The van der Waals surface area contributed by atoms with Gasteiger partial charge in [0.25, 0.3) is 0 Å². The Morgan fingerprint density at radius 2 is 1.46 bits per heavy atom. The lowest BCUT2D eigenvalue weighted by molar-refractivity contribution is -0.125. The van der Waals surface area contributed by atoms with Crippen molar-refractivity contribution >= 4 is 27.3 Å². The zero-order chi connectivity index (χ0) is 19.7. The molecular formula is C21H25N3O3S. The maximum absolute atomic E-state index is 12.7. The number of carbonyl (C=O) groups excluding carboxylic acids is 1. The van der Waals surface area contributed by atoms with Crippen LogP contribution in [0.4, 0.5) is 11.4 Å². The molecule has 6 nitrogen and oxygen atoms in total. The van der Waals surface area contributed by atoms with Crippen molar-refractivity contribution in [3.05, 3.63) is 48.5 Å². The smallest absolute Gasteiger partial charge is 0.229 e. The summed E-state index contributed by atoms with van der Waals surface area (Å²) in [6, 6.07) is 15.0. The maximum atomic E-state index is 12.7. The SMILES string of the molecule is CS(=O)(=O)Nc1ccc(-c2ccc(NC(=O)[C@H]3CN4CCC3CC4)cc2)cc1. The molecule has 7 heteroatoms. The molecule has 0 aromatic heterocycles. The summed E-state index contributed by atoms with van der Waals surface area (Å²) in [5.41, 5.74) is 3.33. The molecule has 0 aliphatic carbocycles. The number of piperidine rings is 3. The van der Waals surface area contributed by atoms with Gasteiger partial charge in [-0.3, -0.25) is 9.52 Å². The van der Waals surface area contributed by atoms with Crippen LogP contribution < -0.4 is 10.0 Å². The van der Waals surface area contributed by atoms with Crippen molar-refractivity contribution in [2.24, 2.45) is 11.8 Å². The number of sulfonamides is 1. The molecule has 3 aliphatic rings. The highest BCUT2D eigenvalue weighted by Crippen LogP contribution is 2.33. The molecule has 0 unspecified atom stereocenters. The number of nitrogens with one attached hydrogen (secondary N) is 2. The van der Waals surface area contributed by atoms with Crippen LogP contribution in [0.3, 0.4) is 0 Å². The molecule has 2 N–H and O–H groups in total. The summed E-state index contributed by atoms with van der Waals surface area (Å²) >= 11 is 0. The quantitative estimate of drug-likeness (QED) is 0.810. The van der Waals surface area contributed by atoms with Crippen molar-refractivity contribution in [1.29, 1.82) is 0 Å². The molecule has 3 fully saturated rings. The Kier molecular flexibility index (Phi) is 5.12. The summed E-state index contributed by atoms with van der Waals surface area (Å²) in [5.74, 6) is 0.735. The third kappa shape index (κ3) is 4.36. The Hall–Kier alpha value is -2.38. The van der Waals surface area contributed by atoms with Crippen LogP contribution in [0.25, 0.3) is 11.1 Å². The van der Waals surface area contributed by atoms with Gasteiger partial charge in [-0.25, -0.2) is 8.42 Å². The third-order valence-corrected chi connectivity index (χ3v) is 6.27. The molecule has 1 amide bonds. The van der Waals surface area contributed by atoms with E-state index in [-0.39, 0.29) is 11.8 Å². The van der Waals surface area contributed by atoms with Crippen LogP contribution in [-0.4, -0.2) is 45.1 Å². The van der Waals surface area contributed by atoms with Crippen LogP contribution in [0.1, 0.15) is 12.8 Å². The monoisotopic (exact) mass is 399 g/mol. The second-order valence-electron chi connectivity index (χ2n) is 7.76. The standard InChI is InChI=1S/C21H25N3O3S/c1-28(26,27)23-19-8-4-16(5-9-19)15-2-6-18(7-3-15)22-21(25)20-14-24-12-10-17(20)11-13-24/h2-9,17,20,23H,10-14H2,1H3,(H,22,25)/t20-/m0/s1. The van der Waals surface area contributed by atoms with Crippen LogP contribution in [0.15, 0.2) is 48.5 Å². The van der Waals surface area contributed by atoms with Crippen LogP contribution in [0.5, 0.6) is 0 Å². The number of benzene rings is 2. The van der Waals surface area contributed by atoms with Crippen LogP contribution in [0, 0.1) is 11.8 Å². The number of anilines is 2. The largest absolute Gasteiger partial charge is 0.326 e. The van der Waals surface area contributed by atoms with Crippen LogP contribution in [-0.2, 0) is 14.8 Å². The predicted molar refractivity (Wildman–Crippen MR) is 112 cm³/mol. The minimum absolute atomic E-state index is 0.0945. The molecule has 2 aromatic rings. The summed E-state index contributed by atoms with van der Waals surface area (Å²) in [5, 5.41) is 3.07. The zero-order valence-electron chi connectivity index (χ0n) is 15.9. The highest BCUT2D eigenvalue weighted by Gasteiger charge is 2.38. The lowest BCUT2D eigenvalue weighted by atomic mass is 9.78. The third-order valence-electron chi connectivity index (χ3n) is 5.67. The number of nitrogens with zero attached hydrogens (tertiary/aromatic N) is 1. The van der Waals surface area contributed by atoms with Gasteiger partial charge >= 0.3 is 0 Å². The Labute approximate surface area is 166 Å². The molecule has 2 bridgehead atoms. The van der Waals surface area contributed by atoms with E-state index in [1.807, 2.05) is 36.4 Å². The Morgan fingerprint density at radius 3 is 1.93 bits per heavy atom. The summed E-state index contributed by atoms with van der Waals surface area (Å²) in [6.45, 7) is 3.13. The number of fused-ring (bicyclic) bond motifs is 3. The molecule has 1 atom stereocenters. The van der Waals surface area contributed by atoms with Gasteiger partial charge in [0.15, 0.2) is 0 Å². The van der Waals surface area contributed by atoms with Gasteiger partial charge in [-0.1, -0.05) is 24.3 Å². The normalized spacial score (nSPS) is 24.0. The second kappa shape index (κ2) is 7.56. The second-order valence-corrected chi connectivity index (χ2v) is 9.51. The summed E-state index contributed by atoms with van der Waals surface area (Å²) in [4.78, 5) is 15.1. The summed E-state index contributed by atoms with van der Waals surface area (Å²) in [7, 11) is -3.28. The van der Waals surface area contributed by atoms with Gasteiger partial charge in [0.05, 0.1) is 12.2 Å². The number of hydrogen-bond acceptors (Lipinski definition) is 4. The highest BCUT2D eigenvalue weighted by molar-refractivity contribution is 7.92. The molecule has 0 saturated carbocycles. The van der Waals surface area contributed by atoms with Crippen LogP contribution in [0.2, 0.25) is 0 Å². The van der Waals surface area contributed by atoms with Crippen molar-refractivity contribution < 1.29 is 13.2 Å². The van der Waals surface area contributed by atoms with E-state index in [0.717, 1.165) is 55.5 Å². The van der Waals surface area contributed by atoms with Gasteiger partial charge in [-0.2, -0.15) is 0 Å². The van der Waals surface area contributed by atoms with Gasteiger partial charge in [-0.15, -0.1) is 0 Å². The Bertz CT molecular complexity index is 947. The van der Waals surface area contributed by atoms with Gasteiger partial charge in [0.2, 0.25) is 15.9 Å². The molecule has 2 aromatic carbocycles. The van der Waals surface area contributed by atoms with Crippen molar-refractivity contribution in [3.8, 4) is 11.1 Å². The highest BCUT2D eigenvalue weighted by atomic mass is 32.2. The first-order valence-electron chi connectivity index (χ1n) is 9.59. The van der Waals surface area contributed by atoms with Crippen molar-refractivity contribution in [1.82, 2.24) is 4.90 Å². The predicted octanol–water partition coefficient (Wildman–Crippen LogP) is 3.01. The first kappa shape index (κ1) is 19.0. The Balaban J connectivity index is 1.40. The number of amides is 1. The first-order valence-corrected chi connectivity index (χ1v) is 11.5. The fourth-order valence-electron chi connectivity index (χ4n) is 4.19. The Morgan fingerprint density at radius 1 is 0.929 bits per heavy atom. The van der Waals surface area contributed by atoms with Crippen molar-refractivity contribution in [2.75, 3.05) is 35.9 Å². The zero-order valence-corrected chi connectivity index (χ0v) is 16.7. The average Bonchev–Trinajstić information content (AvgIpc) is 2.69. The minimum atomic E-state index is -3.28. The summed E-state index contributed by atoms with van der Waals surface area (Å²) in [6.07, 6.45) is 3.38. The number of hydrogen-bond donors (Lipinski definition) is 2. The van der Waals surface area contributed by atoms with Gasteiger partial charge < -0.3 is 10.2 Å². The van der Waals surface area contributed by atoms with E-state index >= 15 is 0 Å². The van der Waals surface area contributed by atoms with E-state index in [1.165, 1.54) is 0 Å². The van der Waals surface area contributed by atoms with Gasteiger partial charge in [-0.05, 0) is 67.2 Å². The van der Waals surface area contributed by atoms with E-state index in [0.29, 0.717) is 11.6 Å². The van der Waals surface area contributed by atoms with E-state index in [2.05, 4.69) is 14.9 Å². The molecule has 3 aliphatic heterocycles. The van der Waals surface area contributed by atoms with Gasteiger partial charge in [0.1, 0.15) is 0 Å². The minimum Gasteiger partial charge on any atom is -0.326 e. The molecule has 3 saturated heterocycles.